The first-order chi connectivity index (χ1) is 7.50. The van der Waals surface area contributed by atoms with Crippen molar-refractivity contribution < 1.29 is 9.90 Å². The van der Waals surface area contributed by atoms with Gasteiger partial charge in [0.1, 0.15) is 5.69 Å². The highest BCUT2D eigenvalue weighted by Crippen LogP contribution is 2.16. The van der Waals surface area contributed by atoms with Gasteiger partial charge >= 0.3 is 0 Å². The molecule has 1 aromatic rings. The minimum absolute atomic E-state index is 0.0455. The molecule has 0 spiro atoms. The second-order valence-corrected chi connectivity index (χ2v) is 4.80. The Morgan fingerprint density at radius 2 is 2.44 bits per heavy atom. The van der Waals surface area contributed by atoms with Crippen LogP contribution >= 0.6 is 11.3 Å². The number of carbonyl (C=O) groups is 1. The van der Waals surface area contributed by atoms with E-state index in [1.54, 1.807) is 5.38 Å². The molecule has 90 valence electrons. The summed E-state index contributed by atoms with van der Waals surface area (Å²) in [5.74, 6) is -0.245. The van der Waals surface area contributed by atoms with E-state index in [9.17, 15) is 4.79 Å². The van der Waals surface area contributed by atoms with E-state index in [0.29, 0.717) is 17.2 Å². The van der Waals surface area contributed by atoms with Gasteiger partial charge in [-0.25, -0.2) is 4.98 Å². The summed E-state index contributed by atoms with van der Waals surface area (Å²) in [5.41, 5.74) is 5.39. The van der Waals surface area contributed by atoms with Crippen molar-refractivity contribution >= 4 is 22.4 Å². The van der Waals surface area contributed by atoms with Crippen LogP contribution in [0.1, 0.15) is 37.2 Å². The van der Waals surface area contributed by atoms with Crippen LogP contribution in [0.3, 0.4) is 0 Å². The molecule has 0 fully saturated rings. The van der Waals surface area contributed by atoms with E-state index in [1.165, 1.54) is 11.3 Å². The van der Waals surface area contributed by atoms with Crippen LogP contribution in [0.5, 0.6) is 0 Å². The molecule has 1 heterocycles. The van der Waals surface area contributed by atoms with Crippen molar-refractivity contribution in [1.29, 1.82) is 0 Å². The molecule has 1 aromatic heterocycles. The van der Waals surface area contributed by atoms with Gasteiger partial charge in [-0.2, -0.15) is 0 Å². The molecule has 0 radical (unpaired) electrons. The number of rotatable bonds is 5. The average Bonchev–Trinajstić information content (AvgIpc) is 2.65. The van der Waals surface area contributed by atoms with Crippen LogP contribution in [0.2, 0.25) is 0 Å². The number of amides is 1. The highest BCUT2D eigenvalue weighted by molar-refractivity contribution is 7.13. The van der Waals surface area contributed by atoms with Crippen LogP contribution in [-0.4, -0.2) is 28.1 Å². The van der Waals surface area contributed by atoms with E-state index in [0.717, 1.165) is 6.42 Å². The number of nitrogens with one attached hydrogen (secondary N) is 1. The van der Waals surface area contributed by atoms with Crippen molar-refractivity contribution in [2.45, 2.75) is 32.2 Å². The summed E-state index contributed by atoms with van der Waals surface area (Å²) in [6.07, 6.45) is 1.27. The van der Waals surface area contributed by atoms with E-state index < -0.39 is 5.54 Å². The molecule has 1 amide bonds. The molecule has 0 bridgehead atoms. The summed E-state index contributed by atoms with van der Waals surface area (Å²) in [7, 11) is 0. The normalized spacial score (nSPS) is 14.4. The number of nitrogens with two attached hydrogens (primary N) is 1. The van der Waals surface area contributed by atoms with Crippen LogP contribution in [0, 0.1) is 0 Å². The number of hydrogen-bond donors (Lipinski definition) is 3. The number of aromatic nitrogens is 1. The second kappa shape index (κ2) is 5.27. The highest BCUT2D eigenvalue weighted by Gasteiger charge is 2.25. The minimum atomic E-state index is -0.399. The quantitative estimate of drug-likeness (QED) is 0.720. The number of anilines is 1. The summed E-state index contributed by atoms with van der Waals surface area (Å²) >= 11 is 1.24. The molecule has 0 aliphatic rings. The van der Waals surface area contributed by atoms with Gasteiger partial charge in [0.05, 0.1) is 0 Å². The van der Waals surface area contributed by atoms with Crippen molar-refractivity contribution in [2.24, 2.45) is 0 Å². The maximum absolute atomic E-state index is 11.8. The summed E-state index contributed by atoms with van der Waals surface area (Å²) in [4.78, 5) is 15.7. The van der Waals surface area contributed by atoms with Gasteiger partial charge in [0.2, 0.25) is 0 Å². The van der Waals surface area contributed by atoms with Crippen molar-refractivity contribution in [3.8, 4) is 0 Å². The third kappa shape index (κ3) is 3.18. The molecule has 0 aliphatic carbocycles. The zero-order chi connectivity index (χ0) is 12.2. The van der Waals surface area contributed by atoms with Crippen molar-refractivity contribution in [2.75, 3.05) is 12.3 Å². The van der Waals surface area contributed by atoms with Crippen molar-refractivity contribution in [1.82, 2.24) is 10.3 Å². The highest BCUT2D eigenvalue weighted by atomic mass is 32.1. The van der Waals surface area contributed by atoms with Crippen LogP contribution in [0.15, 0.2) is 5.38 Å². The van der Waals surface area contributed by atoms with Crippen LogP contribution in [0.25, 0.3) is 0 Å². The Morgan fingerprint density at radius 1 is 1.75 bits per heavy atom. The molecule has 0 saturated heterocycles. The van der Waals surface area contributed by atoms with Gasteiger partial charge < -0.3 is 16.2 Å². The van der Waals surface area contributed by atoms with E-state index in [2.05, 4.69) is 10.3 Å². The maximum atomic E-state index is 11.8. The van der Waals surface area contributed by atoms with Crippen LogP contribution < -0.4 is 11.1 Å². The van der Waals surface area contributed by atoms with Crippen molar-refractivity contribution in [3.05, 3.63) is 11.1 Å². The van der Waals surface area contributed by atoms with Gasteiger partial charge in [-0.3, -0.25) is 4.79 Å². The first-order valence-electron chi connectivity index (χ1n) is 5.15. The monoisotopic (exact) mass is 243 g/mol. The smallest absolute Gasteiger partial charge is 0.271 e. The Balaban J connectivity index is 2.69. The number of aliphatic hydroxyl groups excluding tert-OH is 1. The number of aliphatic hydroxyl groups is 1. The lowest BCUT2D eigenvalue weighted by Gasteiger charge is -2.28. The number of carbonyl (C=O) groups excluding carboxylic acids is 1. The third-order valence-corrected chi connectivity index (χ3v) is 3.29. The minimum Gasteiger partial charge on any atom is -0.396 e. The lowest BCUT2D eigenvalue weighted by atomic mass is 9.95. The first kappa shape index (κ1) is 12.9. The molecular formula is C10H17N3O2S. The fourth-order valence-corrected chi connectivity index (χ4v) is 1.85. The van der Waals surface area contributed by atoms with Gasteiger partial charge in [0.15, 0.2) is 5.13 Å². The number of hydrogen-bond acceptors (Lipinski definition) is 5. The van der Waals surface area contributed by atoms with E-state index in [1.807, 2.05) is 13.8 Å². The maximum Gasteiger partial charge on any atom is 0.271 e. The Kier molecular flexibility index (Phi) is 4.26. The third-order valence-electron chi connectivity index (χ3n) is 2.61. The predicted octanol–water partition coefficient (Wildman–Crippen LogP) is 1.01. The molecule has 5 nitrogen and oxygen atoms in total. The zero-order valence-electron chi connectivity index (χ0n) is 9.49. The second-order valence-electron chi connectivity index (χ2n) is 3.91. The summed E-state index contributed by atoms with van der Waals surface area (Å²) in [5, 5.41) is 13.8. The molecule has 0 saturated carbocycles. The molecular weight excluding hydrogens is 226 g/mol. The average molecular weight is 243 g/mol. The van der Waals surface area contributed by atoms with E-state index >= 15 is 0 Å². The van der Waals surface area contributed by atoms with Gasteiger partial charge in [0, 0.05) is 17.5 Å². The van der Waals surface area contributed by atoms with Gasteiger partial charge in [-0.05, 0) is 19.8 Å². The Hall–Kier alpha value is -1.14. The summed E-state index contributed by atoms with van der Waals surface area (Å²) in [6, 6.07) is 0. The molecule has 1 unspecified atom stereocenters. The Morgan fingerprint density at radius 3 is 2.88 bits per heavy atom. The fraction of sp³-hybridized carbons (Fsp3) is 0.600. The van der Waals surface area contributed by atoms with Gasteiger partial charge in [-0.1, -0.05) is 6.92 Å². The number of nitrogens with zero attached hydrogens (tertiary/aromatic N) is 1. The SMILES string of the molecule is CCC(C)(CCO)NC(=O)c1csc(N)n1. The van der Waals surface area contributed by atoms with Gasteiger partial charge in [-0.15, -0.1) is 11.3 Å². The summed E-state index contributed by atoms with van der Waals surface area (Å²) in [6.45, 7) is 3.91. The van der Waals surface area contributed by atoms with Crippen LogP contribution in [-0.2, 0) is 0 Å². The largest absolute Gasteiger partial charge is 0.396 e. The predicted molar refractivity (Wildman–Crippen MR) is 64.4 cm³/mol. The van der Waals surface area contributed by atoms with E-state index in [4.69, 9.17) is 10.8 Å². The van der Waals surface area contributed by atoms with Crippen molar-refractivity contribution in [3.63, 3.8) is 0 Å². The van der Waals surface area contributed by atoms with Gasteiger partial charge in [0.25, 0.3) is 5.91 Å². The molecule has 1 rings (SSSR count). The lowest BCUT2D eigenvalue weighted by Crippen LogP contribution is -2.46. The zero-order valence-corrected chi connectivity index (χ0v) is 10.3. The molecule has 16 heavy (non-hydrogen) atoms. The molecule has 6 heteroatoms. The topological polar surface area (TPSA) is 88.2 Å². The molecule has 4 N–H and O–H groups in total. The standard InChI is InChI=1S/C10H17N3O2S/c1-3-10(2,4-5-14)13-8(15)7-6-16-9(11)12-7/h6,14H,3-5H2,1-2H3,(H2,11,12)(H,13,15). The van der Waals surface area contributed by atoms with E-state index in [-0.39, 0.29) is 12.5 Å². The summed E-state index contributed by atoms with van der Waals surface area (Å²) < 4.78 is 0. The molecule has 0 aromatic carbocycles. The Bertz CT molecular complexity index is 367. The number of nitrogen functional groups attached to an aromatic ring is 1. The Labute approximate surface area is 98.7 Å². The molecule has 1 atom stereocenters. The lowest BCUT2D eigenvalue weighted by molar-refractivity contribution is 0.0882. The fourth-order valence-electron chi connectivity index (χ4n) is 1.30. The number of thiazole rings is 1. The van der Waals surface area contributed by atoms with Crippen LogP contribution in [0.4, 0.5) is 5.13 Å². The molecule has 0 aliphatic heterocycles. The first-order valence-corrected chi connectivity index (χ1v) is 6.03.